The second-order valence-corrected chi connectivity index (χ2v) is 7.56. The van der Waals surface area contributed by atoms with Gasteiger partial charge in [-0.15, -0.1) is 13.2 Å². The number of nitrogens with one attached hydrogen (secondary N) is 1. The lowest BCUT2D eigenvalue weighted by molar-refractivity contribution is -0.274. The van der Waals surface area contributed by atoms with Gasteiger partial charge in [0, 0.05) is 25.7 Å². The summed E-state index contributed by atoms with van der Waals surface area (Å²) >= 11 is 0. The van der Waals surface area contributed by atoms with Gasteiger partial charge in [0.05, 0.1) is 4.90 Å². The number of benzene rings is 1. The van der Waals surface area contributed by atoms with E-state index in [-0.39, 0.29) is 23.9 Å². The third-order valence-electron chi connectivity index (χ3n) is 3.75. The molecule has 2 rings (SSSR count). The van der Waals surface area contributed by atoms with E-state index in [1.54, 1.807) is 6.92 Å². The SMILES string of the molecule is CCNC(=O)C=C1CCN(S(=O)(=O)c2ccc(OC(F)(F)F)cc2)CC1. The summed E-state index contributed by atoms with van der Waals surface area (Å²) < 4.78 is 66.6. The summed E-state index contributed by atoms with van der Waals surface area (Å²) in [6.45, 7) is 2.72. The second-order valence-electron chi connectivity index (χ2n) is 5.62. The molecule has 1 heterocycles. The normalized spacial score (nSPS) is 16.2. The van der Waals surface area contributed by atoms with Gasteiger partial charge in [-0.3, -0.25) is 4.79 Å². The van der Waals surface area contributed by atoms with Crippen LogP contribution in [0.3, 0.4) is 0 Å². The standard InChI is InChI=1S/C16H19F3N2O4S/c1-2-20-15(22)11-12-7-9-21(10-8-12)26(23,24)14-5-3-13(4-6-14)25-16(17,18)19/h3-6,11H,2,7-10H2,1H3,(H,20,22). The number of carbonyl (C=O) groups excluding carboxylic acids is 1. The number of rotatable bonds is 5. The number of alkyl halides is 3. The first-order valence-corrected chi connectivity index (χ1v) is 9.39. The zero-order chi connectivity index (χ0) is 19.4. The Morgan fingerprint density at radius 2 is 1.81 bits per heavy atom. The maximum atomic E-state index is 12.6. The Morgan fingerprint density at radius 1 is 1.23 bits per heavy atom. The van der Waals surface area contributed by atoms with Gasteiger partial charge >= 0.3 is 6.36 Å². The van der Waals surface area contributed by atoms with E-state index in [9.17, 15) is 26.4 Å². The summed E-state index contributed by atoms with van der Waals surface area (Å²) in [5, 5.41) is 2.64. The second kappa shape index (κ2) is 8.09. The van der Waals surface area contributed by atoms with Crippen molar-refractivity contribution < 1.29 is 31.1 Å². The summed E-state index contributed by atoms with van der Waals surface area (Å²) in [6.07, 6.45) is -2.51. The van der Waals surface area contributed by atoms with Crippen LogP contribution >= 0.6 is 0 Å². The van der Waals surface area contributed by atoms with Gasteiger partial charge in [-0.25, -0.2) is 8.42 Å². The summed E-state index contributed by atoms with van der Waals surface area (Å²) in [4.78, 5) is 11.4. The monoisotopic (exact) mass is 392 g/mol. The van der Waals surface area contributed by atoms with E-state index in [0.29, 0.717) is 19.4 Å². The fraction of sp³-hybridized carbons (Fsp3) is 0.438. The lowest BCUT2D eigenvalue weighted by Gasteiger charge is -2.27. The molecule has 0 aromatic heterocycles. The predicted molar refractivity (Wildman–Crippen MR) is 87.9 cm³/mol. The molecule has 1 saturated heterocycles. The summed E-state index contributed by atoms with van der Waals surface area (Å²) in [5.74, 6) is -0.693. The molecule has 0 atom stereocenters. The molecule has 1 aromatic carbocycles. The van der Waals surface area contributed by atoms with Crippen molar-refractivity contribution in [2.24, 2.45) is 0 Å². The van der Waals surface area contributed by atoms with Crippen molar-refractivity contribution in [3.8, 4) is 5.75 Å². The van der Waals surface area contributed by atoms with Crippen molar-refractivity contribution in [3.63, 3.8) is 0 Å². The fourth-order valence-electron chi connectivity index (χ4n) is 2.53. The fourth-order valence-corrected chi connectivity index (χ4v) is 3.97. The molecule has 10 heteroatoms. The molecule has 0 aliphatic carbocycles. The van der Waals surface area contributed by atoms with Crippen molar-refractivity contribution in [1.29, 1.82) is 0 Å². The smallest absolute Gasteiger partial charge is 0.406 e. The topological polar surface area (TPSA) is 75.7 Å². The van der Waals surface area contributed by atoms with Crippen LogP contribution in [-0.4, -0.2) is 44.6 Å². The van der Waals surface area contributed by atoms with Crippen LogP contribution in [0.1, 0.15) is 19.8 Å². The number of sulfonamides is 1. The summed E-state index contributed by atoms with van der Waals surface area (Å²) in [7, 11) is -3.82. The van der Waals surface area contributed by atoms with Crippen molar-refractivity contribution in [2.75, 3.05) is 19.6 Å². The Balaban J connectivity index is 2.04. The van der Waals surface area contributed by atoms with Gasteiger partial charge in [0.1, 0.15) is 5.75 Å². The van der Waals surface area contributed by atoms with Crippen molar-refractivity contribution in [2.45, 2.75) is 31.0 Å². The zero-order valence-electron chi connectivity index (χ0n) is 14.0. The molecule has 1 aromatic rings. The lowest BCUT2D eigenvalue weighted by atomic mass is 10.1. The Hall–Kier alpha value is -2.07. The van der Waals surface area contributed by atoms with Gasteiger partial charge in [-0.05, 0) is 44.0 Å². The minimum Gasteiger partial charge on any atom is -0.406 e. The van der Waals surface area contributed by atoms with E-state index in [0.717, 1.165) is 29.8 Å². The summed E-state index contributed by atoms with van der Waals surface area (Å²) in [6, 6.07) is 4.09. The van der Waals surface area contributed by atoms with Crippen LogP contribution in [0.5, 0.6) is 5.75 Å². The Morgan fingerprint density at radius 3 is 2.31 bits per heavy atom. The molecule has 0 bridgehead atoms. The van der Waals surface area contributed by atoms with Crippen LogP contribution in [0.25, 0.3) is 0 Å². The van der Waals surface area contributed by atoms with Crippen LogP contribution in [-0.2, 0) is 14.8 Å². The minimum absolute atomic E-state index is 0.108. The molecule has 1 aliphatic heterocycles. The number of nitrogens with zero attached hydrogens (tertiary/aromatic N) is 1. The minimum atomic E-state index is -4.83. The van der Waals surface area contributed by atoms with Crippen molar-refractivity contribution in [3.05, 3.63) is 35.9 Å². The van der Waals surface area contributed by atoms with E-state index in [1.165, 1.54) is 10.4 Å². The van der Waals surface area contributed by atoms with Gasteiger partial charge in [0.25, 0.3) is 0 Å². The molecular formula is C16H19F3N2O4S. The van der Waals surface area contributed by atoms with E-state index in [4.69, 9.17) is 0 Å². The van der Waals surface area contributed by atoms with Crippen LogP contribution in [0, 0.1) is 0 Å². The molecule has 26 heavy (non-hydrogen) atoms. The van der Waals surface area contributed by atoms with Gasteiger partial charge < -0.3 is 10.1 Å². The number of hydrogen-bond donors (Lipinski definition) is 1. The highest BCUT2D eigenvalue weighted by atomic mass is 32.2. The highest BCUT2D eigenvalue weighted by Crippen LogP contribution is 2.27. The van der Waals surface area contributed by atoms with Gasteiger partial charge in [0.2, 0.25) is 15.9 Å². The number of amides is 1. The quantitative estimate of drug-likeness (QED) is 0.781. The average molecular weight is 392 g/mol. The molecule has 1 N–H and O–H groups in total. The van der Waals surface area contributed by atoms with E-state index in [1.807, 2.05) is 0 Å². The van der Waals surface area contributed by atoms with Crippen molar-refractivity contribution in [1.82, 2.24) is 9.62 Å². The van der Waals surface area contributed by atoms with Crippen molar-refractivity contribution >= 4 is 15.9 Å². The first-order chi connectivity index (χ1) is 12.1. The number of carbonyl (C=O) groups is 1. The molecule has 0 radical (unpaired) electrons. The van der Waals surface area contributed by atoms with Crippen LogP contribution < -0.4 is 10.1 Å². The number of hydrogen-bond acceptors (Lipinski definition) is 4. The van der Waals surface area contributed by atoms with Gasteiger partial charge in [0.15, 0.2) is 0 Å². The number of halogens is 3. The third-order valence-corrected chi connectivity index (χ3v) is 5.66. The van der Waals surface area contributed by atoms with Gasteiger partial charge in [-0.1, -0.05) is 5.57 Å². The Bertz CT molecular complexity index is 764. The molecule has 0 saturated carbocycles. The first kappa shape index (κ1) is 20.2. The van der Waals surface area contributed by atoms with E-state index >= 15 is 0 Å². The molecule has 0 spiro atoms. The number of ether oxygens (including phenoxy) is 1. The largest absolute Gasteiger partial charge is 0.573 e. The van der Waals surface area contributed by atoms with Gasteiger partial charge in [-0.2, -0.15) is 4.31 Å². The van der Waals surface area contributed by atoms with Crippen LogP contribution in [0.15, 0.2) is 40.8 Å². The predicted octanol–water partition coefficient (Wildman–Crippen LogP) is 2.43. The van der Waals surface area contributed by atoms with E-state index < -0.39 is 22.1 Å². The molecule has 1 amide bonds. The molecule has 6 nitrogen and oxygen atoms in total. The average Bonchev–Trinajstić information content (AvgIpc) is 2.54. The third kappa shape index (κ3) is 5.46. The molecular weight excluding hydrogens is 373 g/mol. The summed E-state index contributed by atoms with van der Waals surface area (Å²) in [5.41, 5.74) is 0.858. The maximum absolute atomic E-state index is 12.6. The number of piperidine rings is 1. The molecule has 144 valence electrons. The highest BCUT2D eigenvalue weighted by molar-refractivity contribution is 7.89. The lowest BCUT2D eigenvalue weighted by Crippen LogP contribution is -2.36. The number of likely N-dealkylation sites (N-methyl/N-ethyl adjacent to an activating group) is 1. The molecule has 1 aliphatic rings. The Kier molecular flexibility index (Phi) is 6.30. The Labute approximate surface area is 149 Å². The van der Waals surface area contributed by atoms with Crippen LogP contribution in [0.2, 0.25) is 0 Å². The first-order valence-electron chi connectivity index (χ1n) is 7.95. The highest BCUT2D eigenvalue weighted by Gasteiger charge is 2.32. The maximum Gasteiger partial charge on any atom is 0.573 e. The van der Waals surface area contributed by atoms with E-state index in [2.05, 4.69) is 10.1 Å². The zero-order valence-corrected chi connectivity index (χ0v) is 14.9. The van der Waals surface area contributed by atoms with Crippen LogP contribution in [0.4, 0.5) is 13.2 Å². The molecule has 1 fully saturated rings. The molecule has 0 unspecified atom stereocenters.